The molecule has 0 aromatic carbocycles. The molecule has 0 aliphatic heterocycles. The molecule has 0 fully saturated rings. The summed E-state index contributed by atoms with van der Waals surface area (Å²) in [6, 6.07) is 0. The van der Waals surface area contributed by atoms with E-state index in [1.807, 2.05) is 0 Å². The first-order valence-corrected chi connectivity index (χ1v) is 34.7. The van der Waals surface area contributed by atoms with Crippen molar-refractivity contribution < 1.29 is 37.6 Å². The Morgan fingerprint density at radius 3 is 1.02 bits per heavy atom. The molecule has 0 rings (SSSR count). The van der Waals surface area contributed by atoms with E-state index in [2.05, 4.69) is 111 Å². The second-order valence-corrected chi connectivity index (χ2v) is 23.4. The lowest BCUT2D eigenvalue weighted by Gasteiger charge is -2.19. The number of hydrogen-bond donors (Lipinski definition) is 2. The molecule has 0 radical (unpaired) electrons. The van der Waals surface area contributed by atoms with E-state index in [-0.39, 0.29) is 38.6 Å². The SMILES string of the molecule is CC/C=C\C/C=C\C/C=C\C/C=C\C/C=C\C/C=C\C/C=C\C/C=C\CCCCCCCCCCCCC(=O)OC(COC(=O)CCCCCCCCCCCCCCCCCCCCCCCCCC)COP(=O)(O)OCCN. The van der Waals surface area contributed by atoms with E-state index in [4.69, 9.17) is 24.3 Å². The van der Waals surface area contributed by atoms with E-state index in [9.17, 15) is 19.0 Å². The van der Waals surface area contributed by atoms with Gasteiger partial charge in [-0.3, -0.25) is 18.6 Å². The molecule has 0 bridgehead atoms. The lowest BCUT2D eigenvalue weighted by Crippen LogP contribution is -2.29. The standard InChI is InChI=1S/C70H124NO8P/c1-3-5-7-9-11-13-15-17-19-21-23-25-27-29-30-31-32-33-34-35-36-37-38-39-41-43-45-47-49-51-53-55-57-59-61-63-70(73)79-68(67-78-80(74,75)77-65-64-71)66-76-69(72)62-60-58-56-54-52-50-48-46-44-42-40-28-26-24-22-20-18-16-14-12-10-8-6-4-2/h5,7,11,13,17,19,23,25,29-30,32-33,35-36,38-39,68H,3-4,6,8-10,12,14-16,18,20-22,24,26-28,31,34,37,40-67,71H2,1-2H3,(H,74,75)/b7-5-,13-11-,19-17-,25-23-,30-29-,33-32-,36-35-,39-38-. The van der Waals surface area contributed by atoms with E-state index in [1.165, 1.54) is 173 Å². The van der Waals surface area contributed by atoms with Crippen molar-refractivity contribution in [1.29, 1.82) is 0 Å². The number of allylic oxidation sites excluding steroid dienone is 16. The van der Waals surface area contributed by atoms with Gasteiger partial charge in [-0.15, -0.1) is 0 Å². The molecule has 462 valence electrons. The monoisotopic (exact) mass is 1140 g/mol. The van der Waals surface area contributed by atoms with Crippen molar-refractivity contribution in [1.82, 2.24) is 0 Å². The molecule has 2 atom stereocenters. The topological polar surface area (TPSA) is 134 Å². The van der Waals surface area contributed by atoms with Crippen LogP contribution in [0.4, 0.5) is 0 Å². The van der Waals surface area contributed by atoms with Crippen molar-refractivity contribution in [3.63, 3.8) is 0 Å². The van der Waals surface area contributed by atoms with E-state index in [0.717, 1.165) is 96.3 Å². The van der Waals surface area contributed by atoms with E-state index < -0.39 is 26.5 Å². The van der Waals surface area contributed by atoms with Crippen LogP contribution in [0, 0.1) is 0 Å². The van der Waals surface area contributed by atoms with Gasteiger partial charge in [0.25, 0.3) is 0 Å². The summed E-state index contributed by atoms with van der Waals surface area (Å²) in [7, 11) is -4.40. The fraction of sp³-hybridized carbons (Fsp3) is 0.743. The molecule has 10 heteroatoms. The fourth-order valence-corrected chi connectivity index (χ4v) is 10.1. The van der Waals surface area contributed by atoms with Crippen LogP contribution in [0.25, 0.3) is 0 Å². The smallest absolute Gasteiger partial charge is 0.462 e. The number of nitrogens with two attached hydrogens (primary N) is 1. The highest BCUT2D eigenvalue weighted by Crippen LogP contribution is 2.43. The predicted molar refractivity (Wildman–Crippen MR) is 344 cm³/mol. The van der Waals surface area contributed by atoms with Crippen LogP contribution in [0.5, 0.6) is 0 Å². The first-order chi connectivity index (χ1) is 39.3. The van der Waals surface area contributed by atoms with Crippen LogP contribution in [0.2, 0.25) is 0 Å². The summed E-state index contributed by atoms with van der Waals surface area (Å²) in [4.78, 5) is 35.3. The van der Waals surface area contributed by atoms with Gasteiger partial charge in [0, 0.05) is 19.4 Å². The summed E-state index contributed by atoms with van der Waals surface area (Å²) < 4.78 is 33.1. The molecule has 9 nitrogen and oxygen atoms in total. The Morgan fingerprint density at radius 2 is 0.688 bits per heavy atom. The Hall–Kier alpha value is -3.07. The van der Waals surface area contributed by atoms with Crippen LogP contribution in [0.1, 0.15) is 303 Å². The summed E-state index contributed by atoms with van der Waals surface area (Å²) in [5.74, 6) is -0.824. The van der Waals surface area contributed by atoms with Gasteiger partial charge < -0.3 is 20.1 Å². The minimum Gasteiger partial charge on any atom is -0.462 e. The fourth-order valence-electron chi connectivity index (χ4n) is 9.36. The van der Waals surface area contributed by atoms with Gasteiger partial charge in [-0.25, -0.2) is 4.57 Å². The highest BCUT2D eigenvalue weighted by atomic mass is 31.2. The maximum Gasteiger partial charge on any atom is 0.472 e. The number of carbonyl (C=O) groups excluding carboxylic acids is 2. The predicted octanol–water partition coefficient (Wildman–Crippen LogP) is 21.6. The molecular weight excluding hydrogens is 1010 g/mol. The molecule has 3 N–H and O–H groups in total. The van der Waals surface area contributed by atoms with Gasteiger partial charge in [-0.1, -0.05) is 310 Å². The third-order valence-electron chi connectivity index (χ3n) is 14.2. The number of esters is 2. The van der Waals surface area contributed by atoms with Crippen LogP contribution in [-0.4, -0.2) is 49.3 Å². The summed E-state index contributed by atoms with van der Waals surface area (Å²) in [5.41, 5.74) is 5.40. The van der Waals surface area contributed by atoms with Crippen LogP contribution in [-0.2, 0) is 32.7 Å². The highest BCUT2D eigenvalue weighted by molar-refractivity contribution is 7.47. The summed E-state index contributed by atoms with van der Waals surface area (Å²) in [6.45, 7) is 3.66. The third kappa shape index (κ3) is 64.1. The van der Waals surface area contributed by atoms with Crippen molar-refractivity contribution in [2.75, 3.05) is 26.4 Å². The van der Waals surface area contributed by atoms with Crippen molar-refractivity contribution in [2.24, 2.45) is 5.73 Å². The Labute approximate surface area is 493 Å². The molecular formula is C70H124NO8P. The van der Waals surface area contributed by atoms with Gasteiger partial charge in [0.2, 0.25) is 0 Å². The number of carbonyl (C=O) groups is 2. The first kappa shape index (κ1) is 76.9. The van der Waals surface area contributed by atoms with E-state index in [0.29, 0.717) is 6.42 Å². The number of hydrogen-bond acceptors (Lipinski definition) is 8. The lowest BCUT2D eigenvalue weighted by molar-refractivity contribution is -0.161. The molecule has 0 aromatic heterocycles. The van der Waals surface area contributed by atoms with Gasteiger partial charge in [0.15, 0.2) is 6.10 Å². The van der Waals surface area contributed by atoms with Crippen LogP contribution >= 0.6 is 7.82 Å². The number of unbranched alkanes of at least 4 members (excludes halogenated alkanes) is 33. The first-order valence-electron chi connectivity index (χ1n) is 33.2. The molecule has 0 amide bonds. The molecule has 0 spiro atoms. The zero-order chi connectivity index (χ0) is 58.0. The van der Waals surface area contributed by atoms with Gasteiger partial charge >= 0.3 is 19.8 Å². The van der Waals surface area contributed by atoms with Crippen molar-refractivity contribution in [2.45, 2.75) is 309 Å². The largest absolute Gasteiger partial charge is 0.472 e. The number of ether oxygens (including phenoxy) is 2. The Bertz CT molecular complexity index is 1630. The molecule has 80 heavy (non-hydrogen) atoms. The number of phosphoric acid groups is 1. The molecule has 0 aromatic rings. The summed E-state index contributed by atoms with van der Waals surface area (Å²) in [5, 5.41) is 0. The highest BCUT2D eigenvalue weighted by Gasteiger charge is 2.26. The van der Waals surface area contributed by atoms with E-state index >= 15 is 0 Å². The maximum atomic E-state index is 12.7. The lowest BCUT2D eigenvalue weighted by atomic mass is 10.0. The van der Waals surface area contributed by atoms with Gasteiger partial charge in [-0.2, -0.15) is 0 Å². The normalized spacial score (nSPS) is 13.6. The maximum absolute atomic E-state index is 12.7. The van der Waals surface area contributed by atoms with E-state index in [1.54, 1.807) is 0 Å². The second kappa shape index (κ2) is 65.1. The third-order valence-corrected chi connectivity index (χ3v) is 15.2. The summed E-state index contributed by atoms with van der Waals surface area (Å²) >= 11 is 0. The zero-order valence-electron chi connectivity index (χ0n) is 51.8. The van der Waals surface area contributed by atoms with Crippen LogP contribution in [0.15, 0.2) is 97.2 Å². The van der Waals surface area contributed by atoms with Gasteiger partial charge in [0.1, 0.15) is 6.61 Å². The molecule has 0 aliphatic carbocycles. The Morgan fingerprint density at radius 1 is 0.388 bits per heavy atom. The summed E-state index contributed by atoms with van der Waals surface area (Å²) in [6.07, 6.45) is 87.7. The van der Waals surface area contributed by atoms with Crippen molar-refractivity contribution in [3.8, 4) is 0 Å². The minimum absolute atomic E-state index is 0.0504. The van der Waals surface area contributed by atoms with Crippen LogP contribution in [0.3, 0.4) is 0 Å². The minimum atomic E-state index is -4.40. The molecule has 0 saturated carbocycles. The van der Waals surface area contributed by atoms with Crippen LogP contribution < -0.4 is 5.73 Å². The number of rotatable bonds is 62. The molecule has 2 unspecified atom stereocenters. The van der Waals surface area contributed by atoms with Gasteiger partial charge in [0.05, 0.1) is 13.2 Å². The molecule has 0 heterocycles. The van der Waals surface area contributed by atoms with Crippen molar-refractivity contribution in [3.05, 3.63) is 97.2 Å². The second-order valence-electron chi connectivity index (χ2n) is 22.0. The molecule has 0 aliphatic rings. The molecule has 0 saturated heterocycles. The quantitative estimate of drug-likeness (QED) is 0.0264. The van der Waals surface area contributed by atoms with Crippen molar-refractivity contribution >= 4 is 19.8 Å². The average molecular weight is 1140 g/mol. The Balaban J connectivity index is 3.94. The average Bonchev–Trinajstić information content (AvgIpc) is 3.45. The number of phosphoric ester groups is 1. The Kier molecular flexibility index (Phi) is 62.6. The van der Waals surface area contributed by atoms with Gasteiger partial charge in [-0.05, 0) is 77.0 Å². The zero-order valence-corrected chi connectivity index (χ0v) is 52.7.